The summed E-state index contributed by atoms with van der Waals surface area (Å²) in [5, 5.41) is 0.508. The number of ketones is 1. The topological polar surface area (TPSA) is 26.3 Å². The molecule has 2 nitrogen and oxygen atoms in total. The smallest absolute Gasteiger partial charge is 0.161 e. The van der Waals surface area contributed by atoms with Gasteiger partial charge in [0.2, 0.25) is 0 Å². The third-order valence-electron chi connectivity index (χ3n) is 1.84. The second-order valence-electron chi connectivity index (χ2n) is 2.86. The monoisotopic (exact) mass is 198 g/mol. The zero-order valence-corrected chi connectivity index (χ0v) is 8.61. The average molecular weight is 199 g/mol. The van der Waals surface area contributed by atoms with Crippen LogP contribution in [0.4, 0.5) is 0 Å². The van der Waals surface area contributed by atoms with Gasteiger partial charge in [-0.25, -0.2) is 0 Å². The van der Waals surface area contributed by atoms with E-state index in [0.29, 0.717) is 16.3 Å². The van der Waals surface area contributed by atoms with Crippen LogP contribution in [0.25, 0.3) is 0 Å². The molecule has 0 bridgehead atoms. The Balaban J connectivity index is 3.33. The number of rotatable bonds is 2. The number of benzene rings is 1. The van der Waals surface area contributed by atoms with Gasteiger partial charge in [0, 0.05) is 5.56 Å². The number of ether oxygens (including phenoxy) is 1. The fourth-order valence-corrected chi connectivity index (χ4v) is 1.35. The first kappa shape index (κ1) is 10.1. The van der Waals surface area contributed by atoms with Crippen LogP contribution < -0.4 is 4.74 Å². The van der Waals surface area contributed by atoms with E-state index in [0.717, 1.165) is 5.56 Å². The van der Waals surface area contributed by atoms with Crippen LogP contribution >= 0.6 is 11.6 Å². The van der Waals surface area contributed by atoms with E-state index in [9.17, 15) is 4.79 Å². The molecule has 3 heteroatoms. The maximum Gasteiger partial charge on any atom is 0.161 e. The molecule has 0 atom stereocenters. The summed E-state index contributed by atoms with van der Waals surface area (Å²) in [6, 6.07) is 3.45. The lowest BCUT2D eigenvalue weighted by atomic mass is 10.1. The van der Waals surface area contributed by atoms with E-state index in [1.54, 1.807) is 19.2 Å². The summed E-state index contributed by atoms with van der Waals surface area (Å²) in [5.74, 6) is 0.610. The van der Waals surface area contributed by atoms with Crippen molar-refractivity contribution in [2.75, 3.05) is 7.11 Å². The number of halogens is 1. The van der Waals surface area contributed by atoms with Crippen LogP contribution in [0.5, 0.6) is 5.75 Å². The zero-order chi connectivity index (χ0) is 10.0. The summed E-state index contributed by atoms with van der Waals surface area (Å²) in [5.41, 5.74) is 1.37. The highest BCUT2D eigenvalue weighted by Crippen LogP contribution is 2.26. The Morgan fingerprint density at radius 2 is 2.08 bits per heavy atom. The van der Waals surface area contributed by atoms with Crippen molar-refractivity contribution in [1.29, 1.82) is 0 Å². The van der Waals surface area contributed by atoms with Gasteiger partial charge in [0.15, 0.2) is 5.78 Å². The molecule has 0 saturated carbocycles. The first-order valence-electron chi connectivity index (χ1n) is 3.91. The minimum Gasteiger partial charge on any atom is -0.497 e. The van der Waals surface area contributed by atoms with Gasteiger partial charge >= 0.3 is 0 Å². The lowest BCUT2D eigenvalue weighted by molar-refractivity contribution is 0.101. The fourth-order valence-electron chi connectivity index (χ4n) is 1.11. The van der Waals surface area contributed by atoms with Crippen LogP contribution in [0.3, 0.4) is 0 Å². The molecule has 0 spiro atoms. The van der Waals surface area contributed by atoms with Crippen molar-refractivity contribution in [3.8, 4) is 5.75 Å². The first-order valence-corrected chi connectivity index (χ1v) is 4.29. The van der Waals surface area contributed by atoms with Gasteiger partial charge in [0.05, 0.1) is 12.1 Å². The predicted octanol–water partition coefficient (Wildman–Crippen LogP) is 2.86. The highest BCUT2D eigenvalue weighted by atomic mass is 35.5. The van der Waals surface area contributed by atoms with Crippen LogP contribution in [-0.4, -0.2) is 12.9 Å². The third-order valence-corrected chi connectivity index (χ3v) is 2.34. The van der Waals surface area contributed by atoms with Gasteiger partial charge in [-0.3, -0.25) is 4.79 Å². The molecule has 1 rings (SSSR count). The molecule has 0 aliphatic rings. The minimum absolute atomic E-state index is 0.0491. The summed E-state index contributed by atoms with van der Waals surface area (Å²) < 4.78 is 5.03. The standard InChI is InChI=1S/C10H11ClO2/c1-6-4-8(13-3)5-9(7(2)12)10(6)11/h4-5H,1-3H3. The molecule has 0 radical (unpaired) electrons. The van der Waals surface area contributed by atoms with Crippen LogP contribution in [0.15, 0.2) is 12.1 Å². The SMILES string of the molecule is COc1cc(C)c(Cl)c(C(C)=O)c1. The highest BCUT2D eigenvalue weighted by Gasteiger charge is 2.09. The van der Waals surface area contributed by atoms with E-state index in [1.165, 1.54) is 6.92 Å². The molecule has 0 aliphatic heterocycles. The van der Waals surface area contributed by atoms with E-state index >= 15 is 0 Å². The molecule has 1 aromatic rings. The molecular weight excluding hydrogens is 188 g/mol. The van der Waals surface area contributed by atoms with Crippen molar-refractivity contribution < 1.29 is 9.53 Å². The largest absolute Gasteiger partial charge is 0.497 e. The molecule has 0 fully saturated rings. The number of hydrogen-bond acceptors (Lipinski definition) is 2. The lowest BCUT2D eigenvalue weighted by Crippen LogP contribution is -1.96. The molecule has 0 aliphatic carbocycles. The molecule has 0 saturated heterocycles. The molecule has 0 amide bonds. The molecule has 0 unspecified atom stereocenters. The Bertz CT molecular complexity index is 345. The van der Waals surface area contributed by atoms with Crippen molar-refractivity contribution in [1.82, 2.24) is 0 Å². The number of methoxy groups -OCH3 is 1. The number of hydrogen-bond donors (Lipinski definition) is 0. The number of aryl methyl sites for hydroxylation is 1. The number of carbonyl (C=O) groups excluding carboxylic acids is 1. The molecule has 0 N–H and O–H groups in total. The van der Waals surface area contributed by atoms with Gasteiger partial charge in [0.1, 0.15) is 5.75 Å². The van der Waals surface area contributed by atoms with Crippen molar-refractivity contribution in [2.45, 2.75) is 13.8 Å². The van der Waals surface area contributed by atoms with Gasteiger partial charge in [-0.05, 0) is 31.5 Å². The maximum atomic E-state index is 11.1. The number of Topliss-reactive ketones (excluding diaryl/α,β-unsaturated/α-hetero) is 1. The first-order chi connectivity index (χ1) is 6.06. The van der Waals surface area contributed by atoms with Crippen molar-refractivity contribution in [2.24, 2.45) is 0 Å². The molecule has 70 valence electrons. The van der Waals surface area contributed by atoms with Gasteiger partial charge in [-0.1, -0.05) is 11.6 Å². The average Bonchev–Trinajstić information content (AvgIpc) is 2.09. The van der Waals surface area contributed by atoms with Crippen LogP contribution in [-0.2, 0) is 0 Å². The van der Waals surface area contributed by atoms with Crippen molar-refractivity contribution in [3.63, 3.8) is 0 Å². The van der Waals surface area contributed by atoms with Crippen molar-refractivity contribution >= 4 is 17.4 Å². The van der Waals surface area contributed by atoms with Gasteiger partial charge in [-0.2, -0.15) is 0 Å². The summed E-state index contributed by atoms with van der Waals surface area (Å²) in [6.07, 6.45) is 0. The Morgan fingerprint density at radius 3 is 2.54 bits per heavy atom. The van der Waals surface area contributed by atoms with E-state index < -0.39 is 0 Å². The Hall–Kier alpha value is -1.02. The van der Waals surface area contributed by atoms with Gasteiger partial charge in [-0.15, -0.1) is 0 Å². The maximum absolute atomic E-state index is 11.1. The summed E-state index contributed by atoms with van der Waals surface area (Å²) in [7, 11) is 1.56. The minimum atomic E-state index is -0.0491. The quantitative estimate of drug-likeness (QED) is 0.684. The molecule has 0 aromatic heterocycles. The van der Waals surface area contributed by atoms with Crippen molar-refractivity contribution in [3.05, 3.63) is 28.3 Å². The molecule has 1 aromatic carbocycles. The highest BCUT2D eigenvalue weighted by molar-refractivity contribution is 6.34. The van der Waals surface area contributed by atoms with E-state index in [1.807, 2.05) is 6.92 Å². The number of carbonyl (C=O) groups is 1. The second kappa shape index (κ2) is 3.79. The summed E-state index contributed by atoms with van der Waals surface area (Å²) in [6.45, 7) is 3.33. The fraction of sp³-hybridized carbons (Fsp3) is 0.300. The molecule has 13 heavy (non-hydrogen) atoms. The summed E-state index contributed by atoms with van der Waals surface area (Å²) >= 11 is 5.94. The molecular formula is C10H11ClO2. The lowest BCUT2D eigenvalue weighted by Gasteiger charge is -2.07. The molecule has 0 heterocycles. The summed E-state index contributed by atoms with van der Waals surface area (Å²) in [4.78, 5) is 11.1. The van der Waals surface area contributed by atoms with Crippen LogP contribution in [0.2, 0.25) is 5.02 Å². The van der Waals surface area contributed by atoms with Crippen LogP contribution in [0.1, 0.15) is 22.8 Å². The van der Waals surface area contributed by atoms with E-state index in [4.69, 9.17) is 16.3 Å². The van der Waals surface area contributed by atoms with Crippen LogP contribution in [0, 0.1) is 6.92 Å². The normalized spacial score (nSPS) is 9.85. The van der Waals surface area contributed by atoms with E-state index in [2.05, 4.69) is 0 Å². The second-order valence-corrected chi connectivity index (χ2v) is 3.24. The Kier molecular flexibility index (Phi) is 2.94. The third kappa shape index (κ3) is 2.01. The Morgan fingerprint density at radius 1 is 1.46 bits per heavy atom. The van der Waals surface area contributed by atoms with Gasteiger partial charge < -0.3 is 4.74 Å². The van der Waals surface area contributed by atoms with Gasteiger partial charge in [0.25, 0.3) is 0 Å². The van der Waals surface area contributed by atoms with E-state index in [-0.39, 0.29) is 5.78 Å². The zero-order valence-electron chi connectivity index (χ0n) is 7.85. The Labute approximate surface area is 82.5 Å². The predicted molar refractivity (Wildman–Crippen MR) is 52.7 cm³/mol.